The standard InChI is InChI=1S/C14H29N2O2/c1-2-3-5-14(6-4-12-17)16-9-7-15(8-10-16)11-13-18/h17-18H,2-13H2,1H3. The minimum Gasteiger partial charge on any atom is -0.396 e. The first-order chi connectivity index (χ1) is 8.81. The number of unbranched alkanes of at least 4 members (excludes halogenated alkanes) is 1. The lowest BCUT2D eigenvalue weighted by Crippen LogP contribution is -2.48. The summed E-state index contributed by atoms with van der Waals surface area (Å²) in [5, 5.41) is 17.9. The summed E-state index contributed by atoms with van der Waals surface area (Å²) in [6, 6.07) is 1.52. The van der Waals surface area contributed by atoms with Gasteiger partial charge in [-0.05, 0) is 19.3 Å². The Labute approximate surface area is 112 Å². The first-order valence-electron chi connectivity index (χ1n) is 7.35. The van der Waals surface area contributed by atoms with Crippen LogP contribution in [0.1, 0.15) is 39.0 Å². The van der Waals surface area contributed by atoms with Crippen molar-refractivity contribution in [3.8, 4) is 0 Å². The van der Waals surface area contributed by atoms with E-state index < -0.39 is 0 Å². The van der Waals surface area contributed by atoms with Crippen molar-refractivity contribution in [2.45, 2.75) is 39.0 Å². The molecule has 0 saturated carbocycles. The number of hydrogen-bond donors (Lipinski definition) is 2. The second kappa shape index (κ2) is 9.73. The fraction of sp³-hybridized carbons (Fsp3) is 0.929. The molecular weight excluding hydrogens is 228 g/mol. The van der Waals surface area contributed by atoms with Gasteiger partial charge in [0.1, 0.15) is 0 Å². The van der Waals surface area contributed by atoms with Gasteiger partial charge in [-0.2, -0.15) is 0 Å². The highest BCUT2D eigenvalue weighted by Gasteiger charge is 2.23. The van der Waals surface area contributed by atoms with E-state index in [1.54, 1.807) is 0 Å². The Morgan fingerprint density at radius 1 is 0.944 bits per heavy atom. The van der Waals surface area contributed by atoms with Crippen LogP contribution in [0.4, 0.5) is 0 Å². The first kappa shape index (κ1) is 15.9. The Morgan fingerprint density at radius 2 is 1.61 bits per heavy atom. The number of aliphatic hydroxyl groups excluding tert-OH is 2. The molecular formula is C14H29N2O2. The largest absolute Gasteiger partial charge is 0.396 e. The first-order valence-corrected chi connectivity index (χ1v) is 7.35. The summed E-state index contributed by atoms with van der Waals surface area (Å²) < 4.78 is 0. The summed E-state index contributed by atoms with van der Waals surface area (Å²) in [5.41, 5.74) is 0. The molecule has 1 heterocycles. The molecule has 0 atom stereocenters. The fourth-order valence-corrected chi connectivity index (χ4v) is 2.53. The van der Waals surface area contributed by atoms with Gasteiger partial charge in [0.2, 0.25) is 0 Å². The molecule has 1 radical (unpaired) electrons. The summed E-state index contributed by atoms with van der Waals surface area (Å²) >= 11 is 0. The SMILES string of the molecule is CCCC[C](CCCO)N1CCN(CCO)CC1. The Balaban J connectivity index is 2.33. The summed E-state index contributed by atoms with van der Waals surface area (Å²) in [6.45, 7) is 7.83. The van der Waals surface area contributed by atoms with Crippen molar-refractivity contribution in [2.75, 3.05) is 45.9 Å². The topological polar surface area (TPSA) is 46.9 Å². The van der Waals surface area contributed by atoms with Crippen LogP contribution in [0.2, 0.25) is 0 Å². The zero-order chi connectivity index (χ0) is 13.2. The van der Waals surface area contributed by atoms with Crippen molar-refractivity contribution >= 4 is 0 Å². The monoisotopic (exact) mass is 257 g/mol. The van der Waals surface area contributed by atoms with Gasteiger partial charge in [-0.15, -0.1) is 0 Å². The molecule has 0 aromatic heterocycles. The van der Waals surface area contributed by atoms with Gasteiger partial charge in [-0.1, -0.05) is 19.8 Å². The zero-order valence-corrected chi connectivity index (χ0v) is 11.8. The smallest absolute Gasteiger partial charge is 0.0558 e. The van der Waals surface area contributed by atoms with Crippen LogP contribution >= 0.6 is 0 Å². The molecule has 18 heavy (non-hydrogen) atoms. The molecule has 107 valence electrons. The minimum absolute atomic E-state index is 0.261. The molecule has 0 aromatic carbocycles. The van der Waals surface area contributed by atoms with Crippen LogP contribution in [0, 0.1) is 6.04 Å². The zero-order valence-electron chi connectivity index (χ0n) is 11.8. The Kier molecular flexibility index (Phi) is 8.59. The molecule has 0 aromatic rings. The van der Waals surface area contributed by atoms with E-state index in [1.165, 1.54) is 25.3 Å². The maximum atomic E-state index is 8.98. The molecule has 1 aliphatic heterocycles. The normalized spacial score (nSPS) is 18.7. The van der Waals surface area contributed by atoms with E-state index in [4.69, 9.17) is 10.2 Å². The van der Waals surface area contributed by atoms with Crippen molar-refractivity contribution in [3.63, 3.8) is 0 Å². The predicted octanol–water partition coefficient (Wildman–Crippen LogP) is 1.09. The Hall–Kier alpha value is -0.160. The number of hydrogen-bond acceptors (Lipinski definition) is 4. The number of nitrogens with zero attached hydrogens (tertiary/aromatic N) is 2. The highest BCUT2D eigenvalue weighted by molar-refractivity contribution is 4.92. The molecule has 1 fully saturated rings. The van der Waals surface area contributed by atoms with E-state index in [9.17, 15) is 0 Å². The quantitative estimate of drug-likeness (QED) is 0.649. The number of β-amino-alcohol motifs (C(OH)–C–C–N with tert-alkyl or cyclic N) is 1. The number of piperazine rings is 1. The third-order valence-electron chi connectivity index (χ3n) is 3.68. The second-order valence-corrected chi connectivity index (χ2v) is 5.05. The molecule has 1 rings (SSSR count). The predicted molar refractivity (Wildman–Crippen MR) is 74.2 cm³/mol. The van der Waals surface area contributed by atoms with Gasteiger partial charge in [0.05, 0.1) is 6.61 Å². The van der Waals surface area contributed by atoms with Crippen molar-refractivity contribution in [2.24, 2.45) is 0 Å². The van der Waals surface area contributed by atoms with E-state index in [0.29, 0.717) is 6.61 Å². The molecule has 0 aliphatic carbocycles. The summed E-state index contributed by atoms with van der Waals surface area (Å²) in [5.74, 6) is 0. The number of aliphatic hydroxyl groups is 2. The van der Waals surface area contributed by atoms with Gasteiger partial charge in [0, 0.05) is 45.4 Å². The van der Waals surface area contributed by atoms with Crippen molar-refractivity contribution < 1.29 is 10.2 Å². The fourth-order valence-electron chi connectivity index (χ4n) is 2.53. The number of rotatable bonds is 9. The van der Waals surface area contributed by atoms with E-state index in [0.717, 1.165) is 45.6 Å². The molecule has 1 aliphatic rings. The average molecular weight is 257 g/mol. The van der Waals surface area contributed by atoms with Gasteiger partial charge in [0.15, 0.2) is 0 Å². The van der Waals surface area contributed by atoms with Crippen LogP contribution in [0.25, 0.3) is 0 Å². The van der Waals surface area contributed by atoms with Crippen LogP contribution in [-0.2, 0) is 0 Å². The third kappa shape index (κ3) is 5.65. The van der Waals surface area contributed by atoms with Gasteiger partial charge in [-0.25, -0.2) is 0 Å². The van der Waals surface area contributed by atoms with Crippen molar-refractivity contribution in [1.29, 1.82) is 0 Å². The van der Waals surface area contributed by atoms with Gasteiger partial charge in [-0.3, -0.25) is 9.80 Å². The molecule has 0 bridgehead atoms. The highest BCUT2D eigenvalue weighted by atomic mass is 16.3. The van der Waals surface area contributed by atoms with Gasteiger partial charge >= 0.3 is 0 Å². The summed E-state index contributed by atoms with van der Waals surface area (Å²) in [4.78, 5) is 4.82. The summed E-state index contributed by atoms with van der Waals surface area (Å²) in [7, 11) is 0. The van der Waals surface area contributed by atoms with Crippen molar-refractivity contribution in [3.05, 3.63) is 6.04 Å². The molecule has 0 spiro atoms. The molecule has 1 saturated heterocycles. The minimum atomic E-state index is 0.261. The maximum Gasteiger partial charge on any atom is 0.0558 e. The van der Waals surface area contributed by atoms with E-state index in [-0.39, 0.29) is 6.61 Å². The molecule has 4 nitrogen and oxygen atoms in total. The molecule has 4 heteroatoms. The van der Waals surface area contributed by atoms with E-state index in [2.05, 4.69) is 16.7 Å². The van der Waals surface area contributed by atoms with Crippen LogP contribution in [0.15, 0.2) is 0 Å². The third-order valence-corrected chi connectivity index (χ3v) is 3.68. The molecule has 0 unspecified atom stereocenters. The molecule has 2 N–H and O–H groups in total. The van der Waals surface area contributed by atoms with Crippen molar-refractivity contribution in [1.82, 2.24) is 9.80 Å². The lowest BCUT2D eigenvalue weighted by atomic mass is 10.0. The van der Waals surface area contributed by atoms with Crippen LogP contribution in [-0.4, -0.2) is 66.0 Å². The van der Waals surface area contributed by atoms with Crippen LogP contribution < -0.4 is 0 Å². The Morgan fingerprint density at radius 3 is 2.17 bits per heavy atom. The highest BCUT2D eigenvalue weighted by Crippen LogP contribution is 2.23. The van der Waals surface area contributed by atoms with Gasteiger partial charge < -0.3 is 10.2 Å². The Bertz CT molecular complexity index is 186. The average Bonchev–Trinajstić information content (AvgIpc) is 2.41. The second-order valence-electron chi connectivity index (χ2n) is 5.05. The van der Waals surface area contributed by atoms with Crippen LogP contribution in [0.5, 0.6) is 0 Å². The molecule has 0 amide bonds. The lowest BCUT2D eigenvalue weighted by Gasteiger charge is -2.38. The summed E-state index contributed by atoms with van der Waals surface area (Å²) in [6.07, 6.45) is 5.58. The maximum absolute atomic E-state index is 8.98. The van der Waals surface area contributed by atoms with Crippen LogP contribution in [0.3, 0.4) is 0 Å². The lowest BCUT2D eigenvalue weighted by molar-refractivity contribution is 0.108. The van der Waals surface area contributed by atoms with E-state index in [1.807, 2.05) is 0 Å². The van der Waals surface area contributed by atoms with E-state index >= 15 is 0 Å². The van der Waals surface area contributed by atoms with Gasteiger partial charge in [0.25, 0.3) is 0 Å².